The molecule has 4 heteroatoms. The lowest BCUT2D eigenvalue weighted by molar-refractivity contribution is -0.131. The highest BCUT2D eigenvalue weighted by atomic mass is 16.3. The first-order valence-corrected chi connectivity index (χ1v) is 7.79. The van der Waals surface area contributed by atoms with E-state index in [4.69, 9.17) is 0 Å². The minimum atomic E-state index is -0.760. The monoisotopic (exact) mass is 280 g/mol. The predicted octanol–water partition coefficient (Wildman–Crippen LogP) is 2.14. The van der Waals surface area contributed by atoms with Crippen molar-refractivity contribution in [3.8, 4) is 0 Å². The molecule has 1 saturated carbocycles. The number of likely N-dealkylation sites (N-methyl/N-ethyl adjacent to an activating group) is 1. The van der Waals surface area contributed by atoms with Crippen LogP contribution in [-0.2, 0) is 4.79 Å². The molecule has 1 N–H and O–H groups in total. The van der Waals surface area contributed by atoms with E-state index < -0.39 is 5.60 Å². The third kappa shape index (κ3) is 4.60. The number of hydrogen-bond donors (Lipinski definition) is 1. The second-order valence-electron chi connectivity index (χ2n) is 6.92. The van der Waals surface area contributed by atoms with Crippen molar-refractivity contribution in [3.63, 3.8) is 0 Å². The molecule has 2 aliphatic rings. The van der Waals surface area contributed by atoms with Gasteiger partial charge in [-0.1, -0.05) is 6.08 Å². The Bertz CT molecular complexity index is 380. The summed E-state index contributed by atoms with van der Waals surface area (Å²) in [6, 6.07) is 0.433. The Hall–Kier alpha value is -0.870. The van der Waals surface area contributed by atoms with E-state index in [1.54, 1.807) is 13.8 Å². The van der Waals surface area contributed by atoms with Gasteiger partial charge >= 0.3 is 0 Å². The number of allylic oxidation sites excluding steroid dienone is 2. The molecule has 0 atom stereocenters. The second-order valence-corrected chi connectivity index (χ2v) is 6.92. The zero-order chi connectivity index (χ0) is 14.8. The average molecular weight is 280 g/mol. The van der Waals surface area contributed by atoms with E-state index in [1.165, 1.54) is 18.5 Å². The van der Waals surface area contributed by atoms with Gasteiger partial charge in [-0.15, -0.1) is 0 Å². The average Bonchev–Trinajstić information content (AvgIpc) is 3.12. The number of amides is 1. The summed E-state index contributed by atoms with van der Waals surface area (Å²) in [5, 5.41) is 9.83. The molecule has 20 heavy (non-hydrogen) atoms. The molecule has 0 unspecified atom stereocenters. The second kappa shape index (κ2) is 6.27. The third-order valence-corrected chi connectivity index (χ3v) is 3.82. The van der Waals surface area contributed by atoms with Crippen molar-refractivity contribution in [2.24, 2.45) is 0 Å². The maximum Gasteiger partial charge on any atom is 0.241 e. The highest BCUT2D eigenvalue weighted by molar-refractivity contribution is 5.80. The van der Waals surface area contributed by atoms with Crippen molar-refractivity contribution in [2.75, 3.05) is 20.1 Å². The molecular weight excluding hydrogens is 252 g/mol. The third-order valence-electron chi connectivity index (χ3n) is 3.82. The molecule has 0 aromatic rings. The molecule has 2 aliphatic carbocycles. The zero-order valence-corrected chi connectivity index (χ0v) is 13.1. The zero-order valence-electron chi connectivity index (χ0n) is 13.1. The van der Waals surface area contributed by atoms with Gasteiger partial charge in [0.2, 0.25) is 5.91 Å². The number of nitrogens with zero attached hydrogens (tertiary/aromatic N) is 2. The normalized spacial score (nSPS) is 19.9. The fourth-order valence-electron chi connectivity index (χ4n) is 2.99. The molecule has 0 spiro atoms. The van der Waals surface area contributed by atoms with Crippen LogP contribution in [0, 0.1) is 0 Å². The molecule has 0 radical (unpaired) electrons. The highest BCUT2D eigenvalue weighted by Crippen LogP contribution is 2.33. The quantitative estimate of drug-likeness (QED) is 0.810. The van der Waals surface area contributed by atoms with Gasteiger partial charge in [0.1, 0.15) is 0 Å². The number of carbonyl (C=O) groups is 1. The number of hydrogen-bond acceptors (Lipinski definition) is 3. The topological polar surface area (TPSA) is 43.8 Å². The summed E-state index contributed by atoms with van der Waals surface area (Å²) in [6.07, 6.45) is 9.10. The van der Waals surface area contributed by atoms with Gasteiger partial charge < -0.3 is 10.0 Å². The lowest BCUT2D eigenvalue weighted by atomic mass is 10.0. The molecule has 0 bridgehead atoms. The van der Waals surface area contributed by atoms with E-state index >= 15 is 0 Å². The predicted molar refractivity (Wildman–Crippen MR) is 80.2 cm³/mol. The van der Waals surface area contributed by atoms with Crippen LogP contribution >= 0.6 is 0 Å². The molecule has 0 aliphatic heterocycles. The van der Waals surface area contributed by atoms with Gasteiger partial charge in [-0.3, -0.25) is 9.69 Å². The van der Waals surface area contributed by atoms with Crippen molar-refractivity contribution >= 4 is 5.91 Å². The van der Waals surface area contributed by atoms with Gasteiger partial charge in [0.15, 0.2) is 0 Å². The molecule has 0 saturated heterocycles. The van der Waals surface area contributed by atoms with Crippen LogP contribution in [-0.4, -0.2) is 52.6 Å². The van der Waals surface area contributed by atoms with Gasteiger partial charge in [0.25, 0.3) is 0 Å². The lowest BCUT2D eigenvalue weighted by Crippen LogP contribution is -2.44. The van der Waals surface area contributed by atoms with Gasteiger partial charge in [0, 0.05) is 18.3 Å². The number of aliphatic hydroxyl groups is 1. The van der Waals surface area contributed by atoms with E-state index in [9.17, 15) is 9.90 Å². The summed E-state index contributed by atoms with van der Waals surface area (Å²) >= 11 is 0. The van der Waals surface area contributed by atoms with Crippen LogP contribution in [0.4, 0.5) is 0 Å². The van der Waals surface area contributed by atoms with Gasteiger partial charge in [-0.05, 0) is 59.4 Å². The molecule has 1 fully saturated rings. The SMILES string of the molecule is CN(CC(=O)N(C1=CCCCC1)C1CC1)CC(C)(C)O. The van der Waals surface area contributed by atoms with Crippen LogP contribution < -0.4 is 0 Å². The largest absolute Gasteiger partial charge is 0.389 e. The van der Waals surface area contributed by atoms with Crippen molar-refractivity contribution in [1.82, 2.24) is 9.80 Å². The standard InChI is InChI=1S/C16H28N2O2/c1-16(2,20)12-17(3)11-15(19)18(14-9-10-14)13-7-5-4-6-8-13/h7,14,20H,4-6,8-12H2,1-3H3. The number of carbonyl (C=O) groups excluding carboxylic acids is 1. The minimum Gasteiger partial charge on any atom is -0.389 e. The van der Waals surface area contributed by atoms with Crippen LogP contribution in [0.25, 0.3) is 0 Å². The fraction of sp³-hybridized carbons (Fsp3) is 0.812. The van der Waals surface area contributed by atoms with Crippen molar-refractivity contribution in [3.05, 3.63) is 11.8 Å². The van der Waals surface area contributed by atoms with Crippen LogP contribution in [0.2, 0.25) is 0 Å². The first-order valence-electron chi connectivity index (χ1n) is 7.79. The van der Waals surface area contributed by atoms with Crippen LogP contribution in [0.5, 0.6) is 0 Å². The van der Waals surface area contributed by atoms with Crippen LogP contribution in [0.1, 0.15) is 52.4 Å². The first kappa shape index (κ1) is 15.5. The maximum atomic E-state index is 12.6. The van der Waals surface area contributed by atoms with Gasteiger partial charge in [-0.25, -0.2) is 0 Å². The molecule has 0 heterocycles. The molecule has 0 aromatic heterocycles. The van der Waals surface area contributed by atoms with E-state index in [0.717, 1.165) is 25.7 Å². The molecule has 1 amide bonds. The van der Waals surface area contributed by atoms with E-state index in [1.807, 2.05) is 16.8 Å². The van der Waals surface area contributed by atoms with Crippen molar-refractivity contribution in [2.45, 2.75) is 64.0 Å². The number of rotatable bonds is 6. The Labute approximate surface area is 122 Å². The molecule has 4 nitrogen and oxygen atoms in total. The summed E-state index contributed by atoms with van der Waals surface area (Å²) in [6.45, 7) is 4.45. The minimum absolute atomic E-state index is 0.187. The Morgan fingerprint density at radius 2 is 2.10 bits per heavy atom. The summed E-state index contributed by atoms with van der Waals surface area (Å²) in [7, 11) is 1.90. The van der Waals surface area contributed by atoms with E-state index in [0.29, 0.717) is 19.1 Å². The highest BCUT2D eigenvalue weighted by Gasteiger charge is 2.35. The molecular formula is C16H28N2O2. The smallest absolute Gasteiger partial charge is 0.241 e. The Morgan fingerprint density at radius 1 is 1.40 bits per heavy atom. The van der Waals surface area contributed by atoms with E-state index in [2.05, 4.69) is 6.08 Å². The van der Waals surface area contributed by atoms with E-state index in [-0.39, 0.29) is 5.91 Å². The van der Waals surface area contributed by atoms with Crippen LogP contribution in [0.3, 0.4) is 0 Å². The summed E-state index contributed by atoms with van der Waals surface area (Å²) in [5.41, 5.74) is 0.476. The van der Waals surface area contributed by atoms with Crippen LogP contribution in [0.15, 0.2) is 11.8 Å². The Balaban J connectivity index is 1.95. The van der Waals surface area contributed by atoms with Crippen molar-refractivity contribution in [1.29, 1.82) is 0 Å². The first-order chi connectivity index (χ1) is 9.37. The molecule has 114 valence electrons. The lowest BCUT2D eigenvalue weighted by Gasteiger charge is -2.31. The summed E-state index contributed by atoms with van der Waals surface area (Å²) < 4.78 is 0. The summed E-state index contributed by atoms with van der Waals surface area (Å²) in [5.74, 6) is 0.187. The van der Waals surface area contributed by atoms with Gasteiger partial charge in [0.05, 0.1) is 12.1 Å². The van der Waals surface area contributed by atoms with Gasteiger partial charge in [-0.2, -0.15) is 0 Å². The fourth-order valence-corrected chi connectivity index (χ4v) is 2.99. The molecule has 0 aromatic carbocycles. The summed E-state index contributed by atoms with van der Waals surface area (Å²) in [4.78, 5) is 16.5. The Morgan fingerprint density at radius 3 is 2.60 bits per heavy atom. The molecule has 2 rings (SSSR count). The maximum absolute atomic E-state index is 12.6. The van der Waals surface area contributed by atoms with Crippen molar-refractivity contribution < 1.29 is 9.90 Å². The Kier molecular flexibility index (Phi) is 4.86.